The predicted molar refractivity (Wildman–Crippen MR) is 128 cm³/mol. The van der Waals surface area contributed by atoms with Crippen molar-refractivity contribution in [3.8, 4) is 5.75 Å². The smallest absolute Gasteiger partial charge is 0.261 e. The van der Waals surface area contributed by atoms with E-state index in [1.165, 1.54) is 6.20 Å². The SMILES string of the molecule is CC(C(N)=O)N1CCN(c2cc3c(cc2NC(=O)c2cnn4cccnc24)CC(C)(C)O3)CC1. The fourth-order valence-corrected chi connectivity index (χ4v) is 4.71. The van der Waals surface area contributed by atoms with Crippen molar-refractivity contribution in [1.82, 2.24) is 19.5 Å². The molecule has 0 saturated carbocycles. The molecule has 10 heteroatoms. The Kier molecular flexibility index (Phi) is 5.40. The highest BCUT2D eigenvalue weighted by molar-refractivity contribution is 6.09. The molecule has 2 aliphatic rings. The number of carbonyl (C=O) groups is 2. The molecular formula is C24H29N7O3. The van der Waals surface area contributed by atoms with E-state index in [2.05, 4.69) is 39.0 Å². The van der Waals surface area contributed by atoms with Crippen LogP contribution in [0, 0.1) is 0 Å². The molecule has 1 aromatic carbocycles. The number of ether oxygens (including phenoxy) is 1. The van der Waals surface area contributed by atoms with E-state index in [1.54, 1.807) is 23.0 Å². The molecule has 34 heavy (non-hydrogen) atoms. The molecule has 3 aromatic rings. The Balaban J connectivity index is 1.45. The van der Waals surface area contributed by atoms with Crippen LogP contribution in [0.5, 0.6) is 5.75 Å². The quantitative estimate of drug-likeness (QED) is 0.591. The molecule has 4 heterocycles. The number of carbonyl (C=O) groups excluding carboxylic acids is 2. The zero-order chi connectivity index (χ0) is 24.0. The molecule has 1 unspecified atom stereocenters. The Morgan fingerprint density at radius 3 is 2.71 bits per heavy atom. The number of amides is 2. The lowest BCUT2D eigenvalue weighted by molar-refractivity contribution is -0.122. The van der Waals surface area contributed by atoms with Gasteiger partial charge in [0.15, 0.2) is 5.65 Å². The summed E-state index contributed by atoms with van der Waals surface area (Å²) < 4.78 is 7.75. The van der Waals surface area contributed by atoms with E-state index in [9.17, 15) is 9.59 Å². The normalized spacial score (nSPS) is 18.4. The van der Waals surface area contributed by atoms with Crippen LogP contribution in [0.2, 0.25) is 0 Å². The van der Waals surface area contributed by atoms with E-state index in [1.807, 2.05) is 19.1 Å². The van der Waals surface area contributed by atoms with Gasteiger partial charge in [-0.1, -0.05) is 0 Å². The van der Waals surface area contributed by atoms with E-state index in [-0.39, 0.29) is 23.5 Å². The minimum atomic E-state index is -0.323. The fourth-order valence-electron chi connectivity index (χ4n) is 4.71. The molecule has 0 spiro atoms. The average Bonchev–Trinajstić information content (AvgIpc) is 3.37. The van der Waals surface area contributed by atoms with E-state index in [4.69, 9.17) is 10.5 Å². The fraction of sp³-hybridized carbons (Fsp3) is 0.417. The van der Waals surface area contributed by atoms with Crippen LogP contribution in [0.4, 0.5) is 11.4 Å². The Bertz CT molecular complexity index is 1260. The summed E-state index contributed by atoms with van der Waals surface area (Å²) in [5.74, 6) is 0.245. The number of fused-ring (bicyclic) bond motifs is 2. The number of hydrogen-bond donors (Lipinski definition) is 2. The third kappa shape index (κ3) is 4.05. The number of hydrogen-bond acceptors (Lipinski definition) is 7. The van der Waals surface area contributed by atoms with Gasteiger partial charge in [0.1, 0.15) is 16.9 Å². The molecule has 2 aliphatic heterocycles. The lowest BCUT2D eigenvalue weighted by atomic mass is 10.0. The zero-order valence-electron chi connectivity index (χ0n) is 19.6. The van der Waals surface area contributed by atoms with Crippen LogP contribution in [0.3, 0.4) is 0 Å². The van der Waals surface area contributed by atoms with Crippen molar-refractivity contribution in [2.75, 3.05) is 36.4 Å². The molecule has 0 aliphatic carbocycles. The molecule has 0 radical (unpaired) electrons. The zero-order valence-corrected chi connectivity index (χ0v) is 19.6. The number of primary amides is 1. The maximum atomic E-state index is 13.3. The molecular weight excluding hydrogens is 434 g/mol. The average molecular weight is 464 g/mol. The van der Waals surface area contributed by atoms with E-state index < -0.39 is 0 Å². The highest BCUT2D eigenvalue weighted by Gasteiger charge is 2.33. The molecule has 2 amide bonds. The standard InChI is InChI=1S/C24H29N7O3/c1-15(21(25)32)29-7-9-30(10-8-29)19-12-20-16(13-24(2,3)34-20)11-18(19)28-23(33)17-14-27-31-6-4-5-26-22(17)31/h4-6,11-12,14-15H,7-10,13H2,1-3H3,(H2,25,32)(H,28,33). The maximum Gasteiger partial charge on any atom is 0.261 e. The number of aromatic nitrogens is 3. The van der Waals surface area contributed by atoms with Gasteiger partial charge in [0, 0.05) is 56.6 Å². The second-order valence-electron chi connectivity index (χ2n) is 9.52. The predicted octanol–water partition coefficient (Wildman–Crippen LogP) is 1.69. The maximum absolute atomic E-state index is 13.3. The van der Waals surface area contributed by atoms with Gasteiger partial charge in [-0.3, -0.25) is 14.5 Å². The molecule has 1 fully saturated rings. The Hall–Kier alpha value is -3.66. The summed E-state index contributed by atoms with van der Waals surface area (Å²) in [7, 11) is 0. The first-order chi connectivity index (χ1) is 16.2. The van der Waals surface area contributed by atoms with E-state index in [0.29, 0.717) is 37.4 Å². The lowest BCUT2D eigenvalue weighted by Crippen LogP contribution is -2.53. The topological polar surface area (TPSA) is 118 Å². The number of anilines is 2. The number of nitrogens with one attached hydrogen (secondary N) is 1. The van der Waals surface area contributed by atoms with Gasteiger partial charge >= 0.3 is 0 Å². The highest BCUT2D eigenvalue weighted by atomic mass is 16.5. The molecule has 0 bridgehead atoms. The van der Waals surface area contributed by atoms with E-state index in [0.717, 1.165) is 29.1 Å². The molecule has 1 atom stereocenters. The van der Waals surface area contributed by atoms with Crippen LogP contribution in [0.25, 0.3) is 5.65 Å². The number of nitrogens with zero attached hydrogens (tertiary/aromatic N) is 5. The number of piperazine rings is 1. The largest absolute Gasteiger partial charge is 0.487 e. The molecule has 5 rings (SSSR count). The van der Waals surface area contributed by atoms with E-state index >= 15 is 0 Å². The van der Waals surface area contributed by atoms with Gasteiger partial charge in [-0.2, -0.15) is 5.10 Å². The number of nitrogens with two attached hydrogens (primary N) is 1. The first-order valence-electron chi connectivity index (χ1n) is 11.5. The van der Waals surface area contributed by atoms with Crippen molar-refractivity contribution in [3.63, 3.8) is 0 Å². The van der Waals surface area contributed by atoms with Crippen LogP contribution in [-0.2, 0) is 11.2 Å². The number of benzene rings is 1. The van der Waals surface area contributed by atoms with Crippen molar-refractivity contribution in [3.05, 3.63) is 47.9 Å². The Labute approximate surface area is 197 Å². The first kappa shape index (κ1) is 22.1. The summed E-state index contributed by atoms with van der Waals surface area (Å²) in [6.07, 6.45) is 5.68. The minimum absolute atomic E-state index is 0.269. The van der Waals surface area contributed by atoms with Crippen LogP contribution in [-0.4, -0.2) is 69.1 Å². The van der Waals surface area contributed by atoms with Crippen LogP contribution in [0.15, 0.2) is 36.8 Å². The molecule has 10 nitrogen and oxygen atoms in total. The van der Waals surface area contributed by atoms with Crippen LogP contribution < -0.4 is 20.7 Å². The van der Waals surface area contributed by atoms with Gasteiger partial charge in [-0.25, -0.2) is 9.50 Å². The Morgan fingerprint density at radius 1 is 1.21 bits per heavy atom. The summed E-state index contributed by atoms with van der Waals surface area (Å²) >= 11 is 0. The lowest BCUT2D eigenvalue weighted by Gasteiger charge is -2.38. The third-order valence-electron chi connectivity index (χ3n) is 6.57. The molecule has 3 N–H and O–H groups in total. The van der Waals surface area contributed by atoms with Crippen LogP contribution in [0.1, 0.15) is 36.7 Å². The minimum Gasteiger partial charge on any atom is -0.487 e. The van der Waals surface area contributed by atoms with Gasteiger partial charge in [0.25, 0.3) is 5.91 Å². The van der Waals surface area contributed by atoms with Gasteiger partial charge < -0.3 is 20.7 Å². The molecule has 178 valence electrons. The Morgan fingerprint density at radius 2 is 1.97 bits per heavy atom. The number of rotatable bonds is 5. The summed E-state index contributed by atoms with van der Waals surface area (Å²) in [4.78, 5) is 33.5. The van der Waals surface area contributed by atoms with Crippen molar-refractivity contribution >= 4 is 28.8 Å². The first-order valence-corrected chi connectivity index (χ1v) is 11.5. The van der Waals surface area contributed by atoms with Crippen molar-refractivity contribution in [2.45, 2.75) is 38.8 Å². The molecule has 1 saturated heterocycles. The van der Waals surface area contributed by atoms with Crippen LogP contribution >= 0.6 is 0 Å². The van der Waals surface area contributed by atoms with Crippen molar-refractivity contribution < 1.29 is 14.3 Å². The second kappa shape index (κ2) is 8.28. The third-order valence-corrected chi connectivity index (χ3v) is 6.57. The second-order valence-corrected chi connectivity index (χ2v) is 9.52. The van der Waals surface area contributed by atoms with Gasteiger partial charge in [0.2, 0.25) is 5.91 Å². The van der Waals surface area contributed by atoms with Crippen molar-refractivity contribution in [2.24, 2.45) is 5.73 Å². The highest BCUT2D eigenvalue weighted by Crippen LogP contribution is 2.42. The monoisotopic (exact) mass is 463 g/mol. The summed E-state index contributed by atoms with van der Waals surface area (Å²) in [5.41, 5.74) is 8.77. The van der Waals surface area contributed by atoms with Crippen molar-refractivity contribution in [1.29, 1.82) is 0 Å². The van der Waals surface area contributed by atoms with Gasteiger partial charge in [-0.15, -0.1) is 0 Å². The van der Waals surface area contributed by atoms with Gasteiger partial charge in [0.05, 0.1) is 23.6 Å². The summed E-state index contributed by atoms with van der Waals surface area (Å²) in [6.45, 7) is 8.72. The van der Waals surface area contributed by atoms with Gasteiger partial charge in [-0.05, 0) is 32.9 Å². The summed E-state index contributed by atoms with van der Waals surface area (Å²) in [6, 6.07) is 5.48. The summed E-state index contributed by atoms with van der Waals surface area (Å²) in [5, 5.41) is 7.32. The molecule has 2 aromatic heterocycles.